The highest BCUT2D eigenvalue weighted by Crippen LogP contribution is 2.43. The van der Waals surface area contributed by atoms with Crippen molar-refractivity contribution in [2.45, 2.75) is 37.7 Å². The first-order valence-electron chi connectivity index (χ1n) is 8.35. The number of nitrogens with zero attached hydrogens (tertiary/aromatic N) is 2. The van der Waals surface area contributed by atoms with Gasteiger partial charge in [0.15, 0.2) is 0 Å². The number of hydrogen-bond donors (Lipinski definition) is 0. The van der Waals surface area contributed by atoms with Gasteiger partial charge in [-0.25, -0.2) is 9.78 Å². The smallest absolute Gasteiger partial charge is 0.348 e. The summed E-state index contributed by atoms with van der Waals surface area (Å²) in [5.74, 6) is 1.37. The van der Waals surface area contributed by atoms with Gasteiger partial charge in [0.1, 0.15) is 16.8 Å². The lowest BCUT2D eigenvalue weighted by molar-refractivity contribution is 0.0249. The lowest BCUT2D eigenvalue weighted by Crippen LogP contribution is -2.38. The van der Waals surface area contributed by atoms with E-state index in [0.29, 0.717) is 10.9 Å². The molecule has 0 bridgehead atoms. The van der Waals surface area contributed by atoms with Crippen LogP contribution in [-0.2, 0) is 4.74 Å². The van der Waals surface area contributed by atoms with Gasteiger partial charge in [0, 0.05) is 32.1 Å². The van der Waals surface area contributed by atoms with E-state index in [-0.39, 0.29) is 12.1 Å². The van der Waals surface area contributed by atoms with Crippen molar-refractivity contribution in [2.75, 3.05) is 18.0 Å². The van der Waals surface area contributed by atoms with Crippen LogP contribution in [0, 0.1) is 0 Å². The van der Waals surface area contributed by atoms with Gasteiger partial charge < -0.3 is 9.64 Å². The topological polar surface area (TPSA) is 42.4 Å². The molecule has 3 heterocycles. The molecule has 0 amide bonds. The number of piperidine rings is 1. The monoisotopic (exact) mass is 362 g/mol. The number of rotatable bonds is 4. The second kappa shape index (κ2) is 6.73. The van der Waals surface area contributed by atoms with Crippen molar-refractivity contribution < 1.29 is 9.53 Å². The van der Waals surface area contributed by atoms with Gasteiger partial charge in [-0.15, -0.1) is 11.3 Å². The van der Waals surface area contributed by atoms with Crippen LogP contribution < -0.4 is 4.90 Å². The number of carbonyl (C=O) groups excluding carboxylic acids is 1. The average Bonchev–Trinajstić information content (AvgIpc) is 3.33. The largest absolute Gasteiger partial charge is 0.458 e. The molecule has 0 unspecified atom stereocenters. The Kier molecular flexibility index (Phi) is 4.46. The molecule has 6 heteroatoms. The number of hydrogen-bond acceptors (Lipinski definition) is 5. The molecule has 1 aliphatic heterocycles. The molecular formula is C18H19ClN2O2S. The maximum atomic E-state index is 12.5. The zero-order chi connectivity index (χ0) is 16.5. The van der Waals surface area contributed by atoms with E-state index in [2.05, 4.69) is 16.0 Å². The lowest BCUT2D eigenvalue weighted by Gasteiger charge is -2.32. The number of aromatic nitrogens is 1. The average molecular weight is 363 g/mol. The number of thiophene rings is 1. The van der Waals surface area contributed by atoms with E-state index >= 15 is 0 Å². The molecule has 1 saturated heterocycles. The van der Waals surface area contributed by atoms with E-state index < -0.39 is 0 Å². The van der Waals surface area contributed by atoms with Crippen LogP contribution in [0.2, 0.25) is 5.02 Å². The summed E-state index contributed by atoms with van der Waals surface area (Å²) in [4.78, 5) is 19.8. The SMILES string of the molecule is O=C(OC1CCN(c2ccc(Cl)cn2)CC1)c1sccc1C1CC1. The van der Waals surface area contributed by atoms with Crippen LogP contribution in [0.15, 0.2) is 29.8 Å². The Hall–Kier alpha value is -1.59. The Labute approximate surface area is 150 Å². The summed E-state index contributed by atoms with van der Waals surface area (Å²) in [5.41, 5.74) is 1.19. The maximum Gasteiger partial charge on any atom is 0.348 e. The highest BCUT2D eigenvalue weighted by molar-refractivity contribution is 7.12. The molecule has 4 rings (SSSR count). The van der Waals surface area contributed by atoms with Crippen LogP contribution in [0.25, 0.3) is 0 Å². The first-order valence-corrected chi connectivity index (χ1v) is 9.61. The summed E-state index contributed by atoms with van der Waals surface area (Å²) in [6, 6.07) is 5.86. The van der Waals surface area contributed by atoms with Crippen LogP contribution in [0.3, 0.4) is 0 Å². The molecule has 1 saturated carbocycles. The van der Waals surface area contributed by atoms with Gasteiger partial charge in [0.05, 0.1) is 5.02 Å². The normalized spacial score (nSPS) is 18.6. The van der Waals surface area contributed by atoms with Crippen LogP contribution in [0.5, 0.6) is 0 Å². The Bertz CT molecular complexity index is 719. The van der Waals surface area contributed by atoms with Gasteiger partial charge in [-0.2, -0.15) is 0 Å². The summed E-state index contributed by atoms with van der Waals surface area (Å²) in [6.07, 6.45) is 5.72. The second-order valence-corrected chi connectivity index (χ2v) is 7.76. The highest BCUT2D eigenvalue weighted by atomic mass is 35.5. The molecule has 0 radical (unpaired) electrons. The van der Waals surface area contributed by atoms with Crippen LogP contribution in [-0.4, -0.2) is 30.1 Å². The summed E-state index contributed by atoms with van der Waals surface area (Å²) < 4.78 is 5.76. The molecule has 24 heavy (non-hydrogen) atoms. The third-order valence-electron chi connectivity index (χ3n) is 4.65. The van der Waals surface area contributed by atoms with Gasteiger partial charge in [-0.3, -0.25) is 0 Å². The number of ether oxygens (including phenoxy) is 1. The van der Waals surface area contributed by atoms with Crippen molar-refractivity contribution >= 4 is 34.7 Å². The fourth-order valence-electron chi connectivity index (χ4n) is 3.16. The zero-order valence-electron chi connectivity index (χ0n) is 13.3. The number of carbonyl (C=O) groups is 1. The van der Waals surface area contributed by atoms with Crippen LogP contribution in [0.1, 0.15) is 46.8 Å². The Morgan fingerprint density at radius 2 is 2.00 bits per heavy atom. The number of anilines is 1. The van der Waals surface area contributed by atoms with Crippen molar-refractivity contribution in [1.82, 2.24) is 4.98 Å². The third kappa shape index (κ3) is 3.42. The van der Waals surface area contributed by atoms with Gasteiger partial charge >= 0.3 is 5.97 Å². The Morgan fingerprint density at radius 3 is 2.67 bits per heavy atom. The van der Waals surface area contributed by atoms with Crippen molar-refractivity contribution in [3.05, 3.63) is 45.2 Å². The first-order chi connectivity index (χ1) is 11.7. The van der Waals surface area contributed by atoms with E-state index in [1.165, 1.54) is 29.7 Å². The van der Waals surface area contributed by atoms with E-state index in [0.717, 1.165) is 36.6 Å². The van der Waals surface area contributed by atoms with E-state index in [4.69, 9.17) is 16.3 Å². The minimum absolute atomic E-state index is 0.00444. The lowest BCUT2D eigenvalue weighted by atomic mass is 10.1. The van der Waals surface area contributed by atoms with Crippen molar-refractivity contribution in [2.24, 2.45) is 0 Å². The van der Waals surface area contributed by atoms with E-state index in [1.54, 1.807) is 6.20 Å². The standard InChI is InChI=1S/C18H19ClN2O2S/c19-13-3-4-16(20-11-13)21-8-5-14(6-9-21)23-18(22)17-15(7-10-24-17)12-1-2-12/h3-4,7,10-12,14H,1-2,5-6,8-9H2. The molecule has 2 aromatic heterocycles. The summed E-state index contributed by atoms with van der Waals surface area (Å²) in [5, 5.41) is 2.64. The number of halogens is 1. The van der Waals surface area contributed by atoms with E-state index in [9.17, 15) is 4.79 Å². The van der Waals surface area contributed by atoms with Gasteiger partial charge in [-0.1, -0.05) is 11.6 Å². The quantitative estimate of drug-likeness (QED) is 0.751. The molecule has 2 aromatic rings. The molecule has 0 N–H and O–H groups in total. The predicted molar refractivity (Wildman–Crippen MR) is 96.2 cm³/mol. The van der Waals surface area contributed by atoms with Crippen molar-refractivity contribution in [3.8, 4) is 0 Å². The maximum absolute atomic E-state index is 12.5. The third-order valence-corrected chi connectivity index (χ3v) is 5.78. The number of pyridine rings is 1. The molecule has 1 aliphatic carbocycles. The fraction of sp³-hybridized carbons (Fsp3) is 0.444. The molecule has 0 spiro atoms. The van der Waals surface area contributed by atoms with Crippen molar-refractivity contribution in [1.29, 1.82) is 0 Å². The minimum atomic E-state index is -0.144. The Morgan fingerprint density at radius 1 is 1.21 bits per heavy atom. The molecule has 2 aliphatic rings. The first kappa shape index (κ1) is 15.9. The molecule has 0 aromatic carbocycles. The molecule has 0 atom stereocenters. The van der Waals surface area contributed by atoms with Gasteiger partial charge in [-0.05, 0) is 47.9 Å². The van der Waals surface area contributed by atoms with Crippen LogP contribution >= 0.6 is 22.9 Å². The summed E-state index contributed by atoms with van der Waals surface area (Å²) in [7, 11) is 0. The predicted octanol–water partition coefficient (Wildman–Crippen LogP) is 4.50. The van der Waals surface area contributed by atoms with Gasteiger partial charge in [0.2, 0.25) is 0 Å². The summed E-state index contributed by atoms with van der Waals surface area (Å²) in [6.45, 7) is 1.68. The molecule has 4 nitrogen and oxygen atoms in total. The number of esters is 1. The minimum Gasteiger partial charge on any atom is -0.458 e. The zero-order valence-corrected chi connectivity index (χ0v) is 14.9. The van der Waals surface area contributed by atoms with E-state index in [1.807, 2.05) is 17.5 Å². The van der Waals surface area contributed by atoms with Crippen LogP contribution in [0.4, 0.5) is 5.82 Å². The highest BCUT2D eigenvalue weighted by Gasteiger charge is 2.31. The molecule has 2 fully saturated rings. The van der Waals surface area contributed by atoms with Gasteiger partial charge in [0.25, 0.3) is 0 Å². The second-order valence-electron chi connectivity index (χ2n) is 6.41. The fourth-order valence-corrected chi connectivity index (χ4v) is 4.14. The molecular weight excluding hydrogens is 344 g/mol. The molecule has 126 valence electrons. The summed E-state index contributed by atoms with van der Waals surface area (Å²) >= 11 is 7.39. The Balaban J connectivity index is 1.33. The van der Waals surface area contributed by atoms with Crippen molar-refractivity contribution in [3.63, 3.8) is 0 Å².